The first-order valence-corrected chi connectivity index (χ1v) is 8.47. The van der Waals surface area contributed by atoms with E-state index in [9.17, 15) is 14.9 Å². The zero-order chi connectivity index (χ0) is 17.5. The number of halogens is 1. The Morgan fingerprint density at radius 3 is 2.92 bits per heavy atom. The predicted molar refractivity (Wildman–Crippen MR) is 94.0 cm³/mol. The lowest BCUT2D eigenvalue weighted by molar-refractivity contribution is -0.390. The number of aromatic nitrogens is 1. The van der Waals surface area contributed by atoms with E-state index in [2.05, 4.69) is 27.5 Å². The fourth-order valence-corrected chi connectivity index (χ4v) is 3.40. The van der Waals surface area contributed by atoms with Crippen LogP contribution in [0.3, 0.4) is 0 Å². The monoisotopic (exact) mass is 411 g/mol. The van der Waals surface area contributed by atoms with Crippen LogP contribution in [-0.4, -0.2) is 33.9 Å². The first-order valence-electron chi connectivity index (χ1n) is 6.86. The third kappa shape index (κ3) is 4.87. The molecule has 0 bridgehead atoms. The van der Waals surface area contributed by atoms with Crippen molar-refractivity contribution < 1.29 is 14.5 Å². The number of hydrogen-bond acceptors (Lipinski definition) is 6. The van der Waals surface area contributed by atoms with Crippen molar-refractivity contribution in [3.05, 3.63) is 61.9 Å². The number of amides is 1. The molecule has 2 heterocycles. The van der Waals surface area contributed by atoms with E-state index in [1.807, 2.05) is 12.1 Å². The predicted octanol–water partition coefficient (Wildman–Crippen LogP) is 3.41. The number of pyridine rings is 1. The zero-order valence-corrected chi connectivity index (χ0v) is 15.0. The van der Waals surface area contributed by atoms with Crippen LogP contribution in [0.5, 0.6) is 5.75 Å². The number of ether oxygens (including phenoxy) is 1. The summed E-state index contributed by atoms with van der Waals surface area (Å²) < 4.78 is 6.27. The van der Waals surface area contributed by atoms with Crippen LogP contribution in [0.25, 0.3) is 0 Å². The van der Waals surface area contributed by atoms with Gasteiger partial charge >= 0.3 is 5.82 Å². The summed E-state index contributed by atoms with van der Waals surface area (Å²) in [5.74, 6) is -0.742. The fourth-order valence-electron chi connectivity index (χ4n) is 1.90. The Kier molecular flexibility index (Phi) is 6.44. The van der Waals surface area contributed by atoms with Gasteiger partial charge in [-0.05, 0) is 50.1 Å². The van der Waals surface area contributed by atoms with Gasteiger partial charge in [0.2, 0.25) is 5.75 Å². The van der Waals surface area contributed by atoms with E-state index in [4.69, 9.17) is 4.74 Å². The summed E-state index contributed by atoms with van der Waals surface area (Å²) in [6.07, 6.45) is 2.92. The molecule has 0 atom stereocenters. The molecule has 24 heavy (non-hydrogen) atoms. The highest BCUT2D eigenvalue weighted by atomic mass is 79.9. The highest BCUT2D eigenvalue weighted by Gasteiger charge is 2.19. The van der Waals surface area contributed by atoms with E-state index >= 15 is 0 Å². The van der Waals surface area contributed by atoms with E-state index < -0.39 is 10.7 Å². The van der Waals surface area contributed by atoms with Crippen molar-refractivity contribution in [3.8, 4) is 5.75 Å². The Morgan fingerprint density at radius 1 is 1.50 bits per heavy atom. The highest BCUT2D eigenvalue weighted by Crippen LogP contribution is 2.24. The highest BCUT2D eigenvalue weighted by molar-refractivity contribution is 9.11. The van der Waals surface area contributed by atoms with Gasteiger partial charge in [-0.1, -0.05) is 6.08 Å². The minimum atomic E-state index is -0.648. The van der Waals surface area contributed by atoms with Gasteiger partial charge in [-0.3, -0.25) is 4.79 Å². The minimum Gasteiger partial charge on any atom is -0.476 e. The summed E-state index contributed by atoms with van der Waals surface area (Å²) in [5.41, 5.74) is 0. The van der Waals surface area contributed by atoms with Gasteiger partial charge in [0.05, 0.1) is 10.3 Å². The van der Waals surface area contributed by atoms with Crippen LogP contribution in [0.15, 0.2) is 46.9 Å². The molecule has 2 rings (SSSR count). The van der Waals surface area contributed by atoms with Gasteiger partial charge < -0.3 is 19.8 Å². The largest absolute Gasteiger partial charge is 0.476 e. The Balaban J connectivity index is 2.03. The standard InChI is InChI=1S/C15H14BrN3O4S/c1-2-8-18(9-11-5-6-13(16)24-11)14(20)10-23-12-4-3-7-17-15(12)19(21)22/h2-7H,1,8-10H2. The normalized spacial score (nSPS) is 10.2. The quantitative estimate of drug-likeness (QED) is 0.377. The second-order valence-electron chi connectivity index (χ2n) is 4.64. The summed E-state index contributed by atoms with van der Waals surface area (Å²) >= 11 is 4.91. The van der Waals surface area contributed by atoms with E-state index in [0.717, 1.165) is 8.66 Å². The SMILES string of the molecule is C=CCN(Cc1ccc(Br)s1)C(=O)COc1cccnc1[N+](=O)[O-]. The van der Waals surface area contributed by atoms with E-state index in [1.54, 1.807) is 11.0 Å². The molecule has 0 N–H and O–H groups in total. The van der Waals surface area contributed by atoms with Crippen molar-refractivity contribution in [1.82, 2.24) is 9.88 Å². The van der Waals surface area contributed by atoms with Crippen LogP contribution in [0, 0.1) is 10.1 Å². The molecule has 9 heteroatoms. The number of hydrogen-bond donors (Lipinski definition) is 0. The lowest BCUT2D eigenvalue weighted by Crippen LogP contribution is -2.34. The van der Waals surface area contributed by atoms with Crippen molar-refractivity contribution in [2.24, 2.45) is 0 Å². The van der Waals surface area contributed by atoms with Gasteiger partial charge in [0, 0.05) is 11.4 Å². The van der Waals surface area contributed by atoms with E-state index in [0.29, 0.717) is 13.1 Å². The van der Waals surface area contributed by atoms with Crippen LogP contribution in [-0.2, 0) is 11.3 Å². The molecule has 7 nitrogen and oxygen atoms in total. The Hall–Kier alpha value is -2.26. The van der Waals surface area contributed by atoms with E-state index in [1.165, 1.54) is 29.7 Å². The molecule has 126 valence electrons. The van der Waals surface area contributed by atoms with Gasteiger partial charge in [-0.25, -0.2) is 0 Å². The van der Waals surface area contributed by atoms with Gasteiger partial charge in [0.1, 0.15) is 6.20 Å². The summed E-state index contributed by atoms with van der Waals surface area (Å²) in [6.45, 7) is 4.10. The van der Waals surface area contributed by atoms with Gasteiger partial charge in [0.15, 0.2) is 6.61 Å². The molecule has 2 aromatic rings. The van der Waals surface area contributed by atoms with Crippen molar-refractivity contribution >= 4 is 39.0 Å². The number of carbonyl (C=O) groups excluding carboxylic acids is 1. The average molecular weight is 412 g/mol. The molecule has 0 unspecified atom stereocenters. The summed E-state index contributed by atoms with van der Waals surface area (Å²) in [7, 11) is 0. The fraction of sp³-hybridized carbons (Fsp3) is 0.200. The molecule has 0 aliphatic carbocycles. The molecule has 2 aromatic heterocycles. The molecule has 0 aliphatic heterocycles. The molecular weight excluding hydrogens is 398 g/mol. The van der Waals surface area contributed by atoms with Crippen molar-refractivity contribution in [1.29, 1.82) is 0 Å². The van der Waals surface area contributed by atoms with Crippen LogP contribution in [0.4, 0.5) is 5.82 Å². The molecule has 0 aromatic carbocycles. The van der Waals surface area contributed by atoms with Crippen LogP contribution >= 0.6 is 27.3 Å². The Labute approximate surface area is 150 Å². The summed E-state index contributed by atoms with van der Waals surface area (Å²) in [4.78, 5) is 28.8. The smallest absolute Gasteiger partial charge is 0.406 e. The maximum atomic E-state index is 12.4. The molecule has 1 amide bonds. The lowest BCUT2D eigenvalue weighted by Gasteiger charge is -2.20. The minimum absolute atomic E-state index is 0.0340. The molecule has 0 fully saturated rings. The lowest BCUT2D eigenvalue weighted by atomic mass is 10.3. The second kappa shape index (κ2) is 8.55. The molecule has 0 spiro atoms. The molecule has 0 radical (unpaired) electrons. The summed E-state index contributed by atoms with van der Waals surface area (Å²) in [5, 5.41) is 10.9. The third-order valence-corrected chi connectivity index (χ3v) is 4.56. The van der Waals surface area contributed by atoms with Crippen LogP contribution in [0.2, 0.25) is 0 Å². The number of nitro groups is 1. The van der Waals surface area contributed by atoms with Crippen molar-refractivity contribution in [2.75, 3.05) is 13.2 Å². The zero-order valence-electron chi connectivity index (χ0n) is 12.6. The number of thiophene rings is 1. The Morgan fingerprint density at radius 2 is 2.29 bits per heavy atom. The molecular formula is C15H14BrN3O4S. The van der Waals surface area contributed by atoms with Gasteiger partial charge in [-0.15, -0.1) is 17.9 Å². The Bertz CT molecular complexity index is 750. The maximum absolute atomic E-state index is 12.4. The molecule has 0 aliphatic rings. The first kappa shape index (κ1) is 18.1. The first-order chi connectivity index (χ1) is 11.5. The topological polar surface area (TPSA) is 85.6 Å². The number of rotatable bonds is 8. The number of nitrogens with zero attached hydrogens (tertiary/aromatic N) is 3. The van der Waals surface area contributed by atoms with Gasteiger partial charge in [0.25, 0.3) is 5.91 Å². The van der Waals surface area contributed by atoms with Crippen LogP contribution < -0.4 is 4.74 Å². The summed E-state index contributed by atoms with van der Waals surface area (Å²) in [6, 6.07) is 6.75. The average Bonchev–Trinajstić information content (AvgIpc) is 2.97. The molecule has 0 saturated heterocycles. The van der Waals surface area contributed by atoms with Gasteiger partial charge in [-0.2, -0.15) is 0 Å². The number of carbonyl (C=O) groups is 1. The maximum Gasteiger partial charge on any atom is 0.406 e. The van der Waals surface area contributed by atoms with Crippen molar-refractivity contribution in [3.63, 3.8) is 0 Å². The second-order valence-corrected chi connectivity index (χ2v) is 7.19. The van der Waals surface area contributed by atoms with E-state index in [-0.39, 0.29) is 18.3 Å². The van der Waals surface area contributed by atoms with Crippen LogP contribution in [0.1, 0.15) is 4.88 Å². The molecule has 0 saturated carbocycles. The third-order valence-electron chi connectivity index (χ3n) is 2.95. The van der Waals surface area contributed by atoms with Crippen molar-refractivity contribution in [2.45, 2.75) is 6.54 Å².